The highest BCUT2D eigenvalue weighted by Gasteiger charge is 2.29. The molecule has 7 heteroatoms. The fourth-order valence-electron chi connectivity index (χ4n) is 5.40. The van der Waals surface area contributed by atoms with Crippen LogP contribution in [0.3, 0.4) is 0 Å². The standard InChI is InChI=1S/C39H26F2N3OP/c40-32-21-17-27(18-22-32)37-42-38(28-19-23-33(41)24-20-28)44-39(43-37)31-11-7-9-29(25-31)30-10-8-16-36(26-30)46(45,34-12-3-1-4-13-34)35-14-5-2-6-15-35/h1-26H. The summed E-state index contributed by atoms with van der Waals surface area (Å²) in [6, 6.07) is 46.6. The molecule has 0 atom stereocenters. The first-order chi connectivity index (χ1) is 22.5. The molecule has 0 saturated carbocycles. The molecule has 0 aliphatic heterocycles. The van der Waals surface area contributed by atoms with Crippen molar-refractivity contribution in [3.8, 4) is 45.3 Å². The Bertz CT molecular complexity index is 2080. The lowest BCUT2D eigenvalue weighted by atomic mass is 10.0. The Labute approximate surface area is 265 Å². The lowest BCUT2D eigenvalue weighted by Gasteiger charge is -2.20. The fourth-order valence-corrected chi connectivity index (χ4v) is 8.10. The first-order valence-corrected chi connectivity index (χ1v) is 16.4. The smallest absolute Gasteiger partial charge is 0.171 e. The molecule has 1 heterocycles. The minimum absolute atomic E-state index is 0.364. The van der Waals surface area contributed by atoms with Gasteiger partial charge in [-0.2, -0.15) is 0 Å². The summed E-state index contributed by atoms with van der Waals surface area (Å²) in [4.78, 5) is 14.1. The van der Waals surface area contributed by atoms with E-state index in [-0.39, 0.29) is 11.6 Å². The lowest BCUT2D eigenvalue weighted by molar-refractivity contribution is 0.592. The van der Waals surface area contributed by atoms with Gasteiger partial charge in [0, 0.05) is 32.6 Å². The summed E-state index contributed by atoms with van der Waals surface area (Å²) < 4.78 is 42.4. The molecule has 222 valence electrons. The highest BCUT2D eigenvalue weighted by molar-refractivity contribution is 7.85. The molecule has 7 rings (SSSR count). The van der Waals surface area contributed by atoms with Gasteiger partial charge in [-0.25, -0.2) is 23.7 Å². The molecule has 0 spiro atoms. The zero-order valence-electron chi connectivity index (χ0n) is 24.5. The third-order valence-corrected chi connectivity index (χ3v) is 10.8. The van der Waals surface area contributed by atoms with E-state index in [1.807, 2.05) is 109 Å². The highest BCUT2D eigenvalue weighted by Crippen LogP contribution is 2.43. The largest absolute Gasteiger partial charge is 0.309 e. The Morgan fingerprint density at radius 3 is 1.26 bits per heavy atom. The second kappa shape index (κ2) is 12.4. The summed E-state index contributed by atoms with van der Waals surface area (Å²) in [5.41, 5.74) is 3.74. The molecule has 0 N–H and O–H groups in total. The third kappa shape index (κ3) is 5.79. The van der Waals surface area contributed by atoms with Crippen molar-refractivity contribution in [1.82, 2.24) is 15.0 Å². The van der Waals surface area contributed by atoms with Crippen LogP contribution in [-0.2, 0) is 4.57 Å². The van der Waals surface area contributed by atoms with Gasteiger partial charge in [-0.05, 0) is 71.8 Å². The van der Waals surface area contributed by atoms with Crippen LogP contribution in [0.4, 0.5) is 8.78 Å². The third-order valence-electron chi connectivity index (χ3n) is 7.74. The zero-order valence-corrected chi connectivity index (χ0v) is 25.4. The van der Waals surface area contributed by atoms with Crippen molar-refractivity contribution in [3.63, 3.8) is 0 Å². The molecular weight excluding hydrogens is 595 g/mol. The molecular formula is C39H26F2N3OP. The van der Waals surface area contributed by atoms with Gasteiger partial charge >= 0.3 is 0 Å². The summed E-state index contributed by atoms with van der Waals surface area (Å²) in [6.45, 7) is 0. The summed E-state index contributed by atoms with van der Waals surface area (Å²) in [6.07, 6.45) is 0. The molecule has 0 aliphatic rings. The van der Waals surface area contributed by atoms with E-state index in [0.717, 1.165) is 32.6 Å². The van der Waals surface area contributed by atoms with Crippen molar-refractivity contribution in [1.29, 1.82) is 0 Å². The van der Waals surface area contributed by atoms with Crippen LogP contribution in [0.1, 0.15) is 0 Å². The predicted octanol–water partition coefficient (Wildman–Crippen LogP) is 8.46. The number of nitrogens with zero attached hydrogens (tertiary/aromatic N) is 3. The van der Waals surface area contributed by atoms with E-state index in [4.69, 9.17) is 9.97 Å². The first kappa shape index (κ1) is 29.1. The van der Waals surface area contributed by atoms with Crippen molar-refractivity contribution >= 4 is 23.1 Å². The maximum absolute atomic E-state index is 15.0. The van der Waals surface area contributed by atoms with Crippen LogP contribution in [0.5, 0.6) is 0 Å². The van der Waals surface area contributed by atoms with Gasteiger partial charge in [0.2, 0.25) is 0 Å². The van der Waals surface area contributed by atoms with Crippen LogP contribution in [0.2, 0.25) is 0 Å². The maximum atomic E-state index is 15.0. The van der Waals surface area contributed by atoms with Gasteiger partial charge in [0.25, 0.3) is 0 Å². The van der Waals surface area contributed by atoms with Gasteiger partial charge in [-0.1, -0.05) is 97.1 Å². The zero-order chi connectivity index (χ0) is 31.5. The van der Waals surface area contributed by atoms with Crippen molar-refractivity contribution in [3.05, 3.63) is 169 Å². The van der Waals surface area contributed by atoms with E-state index >= 15 is 4.57 Å². The van der Waals surface area contributed by atoms with E-state index < -0.39 is 7.14 Å². The molecule has 0 radical (unpaired) electrons. The maximum Gasteiger partial charge on any atom is 0.171 e. The van der Waals surface area contributed by atoms with Crippen LogP contribution >= 0.6 is 7.14 Å². The van der Waals surface area contributed by atoms with E-state index in [1.165, 1.54) is 24.3 Å². The summed E-state index contributed by atoms with van der Waals surface area (Å²) in [7, 11) is -3.17. The number of rotatable bonds is 7. The van der Waals surface area contributed by atoms with Crippen LogP contribution in [-0.4, -0.2) is 15.0 Å². The van der Waals surface area contributed by atoms with Gasteiger partial charge < -0.3 is 4.57 Å². The average molecular weight is 622 g/mol. The van der Waals surface area contributed by atoms with E-state index in [0.29, 0.717) is 28.6 Å². The van der Waals surface area contributed by atoms with Crippen molar-refractivity contribution in [2.75, 3.05) is 0 Å². The number of hydrogen-bond donors (Lipinski definition) is 0. The summed E-state index contributed by atoms with van der Waals surface area (Å²) >= 11 is 0. The molecule has 4 nitrogen and oxygen atoms in total. The van der Waals surface area contributed by atoms with Gasteiger partial charge in [-0.3, -0.25) is 0 Å². The number of benzene rings is 6. The minimum atomic E-state index is -3.17. The summed E-state index contributed by atoms with van der Waals surface area (Å²) in [5, 5.41) is 2.25. The SMILES string of the molecule is O=P(c1ccccc1)(c1ccccc1)c1cccc(-c2cccc(-c3nc(-c4ccc(F)cc4)nc(-c4ccc(F)cc4)n3)c2)c1. The molecule has 46 heavy (non-hydrogen) atoms. The Kier molecular flexibility index (Phi) is 7.88. The van der Waals surface area contributed by atoms with Gasteiger partial charge in [0.05, 0.1) is 0 Å². The minimum Gasteiger partial charge on any atom is -0.309 e. The fraction of sp³-hybridized carbons (Fsp3) is 0. The van der Waals surface area contributed by atoms with Crippen LogP contribution in [0, 0.1) is 11.6 Å². The summed E-state index contributed by atoms with van der Waals surface area (Å²) in [5.74, 6) is 0.407. The van der Waals surface area contributed by atoms with Crippen LogP contribution in [0.15, 0.2) is 158 Å². The lowest BCUT2D eigenvalue weighted by Crippen LogP contribution is -2.25. The molecule has 7 aromatic rings. The molecule has 0 bridgehead atoms. The van der Waals surface area contributed by atoms with Crippen molar-refractivity contribution < 1.29 is 13.3 Å². The Morgan fingerprint density at radius 2 is 0.761 bits per heavy atom. The second-order valence-electron chi connectivity index (χ2n) is 10.7. The van der Waals surface area contributed by atoms with Crippen molar-refractivity contribution in [2.45, 2.75) is 0 Å². The van der Waals surface area contributed by atoms with Gasteiger partial charge in [0.15, 0.2) is 24.6 Å². The van der Waals surface area contributed by atoms with E-state index in [1.54, 1.807) is 24.3 Å². The van der Waals surface area contributed by atoms with Gasteiger partial charge in [-0.15, -0.1) is 0 Å². The number of halogens is 2. The Morgan fingerprint density at radius 1 is 0.370 bits per heavy atom. The second-order valence-corrected chi connectivity index (χ2v) is 13.5. The van der Waals surface area contributed by atoms with E-state index in [2.05, 4.69) is 4.98 Å². The Balaban J connectivity index is 1.33. The molecule has 0 unspecified atom stereocenters. The number of aromatic nitrogens is 3. The molecule has 0 aliphatic carbocycles. The van der Waals surface area contributed by atoms with Crippen LogP contribution in [0.25, 0.3) is 45.3 Å². The van der Waals surface area contributed by atoms with Gasteiger partial charge in [0.1, 0.15) is 11.6 Å². The monoisotopic (exact) mass is 621 g/mol. The average Bonchev–Trinajstić information content (AvgIpc) is 3.12. The highest BCUT2D eigenvalue weighted by atomic mass is 31.2. The topological polar surface area (TPSA) is 55.7 Å². The quantitative estimate of drug-likeness (QED) is 0.168. The number of hydrogen-bond acceptors (Lipinski definition) is 4. The molecule has 0 amide bonds. The Hall–Kier alpha value is -5.58. The van der Waals surface area contributed by atoms with E-state index in [9.17, 15) is 8.78 Å². The predicted molar refractivity (Wildman–Crippen MR) is 181 cm³/mol. The molecule has 0 fully saturated rings. The molecule has 6 aromatic carbocycles. The van der Waals surface area contributed by atoms with Crippen LogP contribution < -0.4 is 15.9 Å². The van der Waals surface area contributed by atoms with Crippen molar-refractivity contribution in [2.24, 2.45) is 0 Å². The molecule has 1 aromatic heterocycles. The normalized spacial score (nSPS) is 11.3. The molecule has 0 saturated heterocycles. The first-order valence-electron chi connectivity index (χ1n) is 14.7.